The number of ether oxygens (including phenoxy) is 3. The van der Waals surface area contributed by atoms with E-state index >= 15 is 0 Å². The third-order valence-corrected chi connectivity index (χ3v) is 2.30. The van der Waals surface area contributed by atoms with E-state index in [1.165, 1.54) is 38.5 Å². The molecule has 0 aromatic heterocycles. The SMILES string of the molecule is C=CCOC(=O)NC1=CC(=O)C=CC1(OC)OC. The molecule has 1 aliphatic carbocycles. The second-order valence-corrected chi connectivity index (χ2v) is 3.38. The van der Waals surface area contributed by atoms with E-state index in [0.29, 0.717) is 0 Å². The van der Waals surface area contributed by atoms with Crippen molar-refractivity contribution in [3.05, 3.63) is 36.6 Å². The van der Waals surface area contributed by atoms with E-state index in [-0.39, 0.29) is 18.1 Å². The molecule has 18 heavy (non-hydrogen) atoms. The van der Waals surface area contributed by atoms with Gasteiger partial charge in [-0.25, -0.2) is 4.79 Å². The van der Waals surface area contributed by atoms with Gasteiger partial charge < -0.3 is 14.2 Å². The van der Waals surface area contributed by atoms with E-state index in [2.05, 4.69) is 11.9 Å². The van der Waals surface area contributed by atoms with Crippen molar-refractivity contribution in [2.45, 2.75) is 5.79 Å². The summed E-state index contributed by atoms with van der Waals surface area (Å²) in [6.07, 6.45) is 4.64. The largest absolute Gasteiger partial charge is 0.445 e. The van der Waals surface area contributed by atoms with E-state index < -0.39 is 11.9 Å². The third kappa shape index (κ3) is 3.06. The molecule has 0 aromatic carbocycles. The van der Waals surface area contributed by atoms with Gasteiger partial charge in [-0.2, -0.15) is 0 Å². The molecule has 6 heteroatoms. The van der Waals surface area contributed by atoms with Crippen molar-refractivity contribution in [1.82, 2.24) is 5.32 Å². The molecular weight excluding hydrogens is 238 g/mol. The molecule has 0 aromatic rings. The third-order valence-electron chi connectivity index (χ3n) is 2.30. The lowest BCUT2D eigenvalue weighted by Gasteiger charge is -2.31. The summed E-state index contributed by atoms with van der Waals surface area (Å²) in [6, 6.07) is 0. The van der Waals surface area contributed by atoms with E-state index in [4.69, 9.17) is 14.2 Å². The van der Waals surface area contributed by atoms with Gasteiger partial charge in [-0.05, 0) is 12.2 Å². The van der Waals surface area contributed by atoms with Gasteiger partial charge in [-0.15, -0.1) is 0 Å². The Morgan fingerprint density at radius 2 is 2.17 bits per heavy atom. The van der Waals surface area contributed by atoms with Gasteiger partial charge in [0.25, 0.3) is 0 Å². The van der Waals surface area contributed by atoms with Crippen molar-refractivity contribution in [2.75, 3.05) is 20.8 Å². The number of hydrogen-bond acceptors (Lipinski definition) is 5. The van der Waals surface area contributed by atoms with Gasteiger partial charge in [0.05, 0.1) is 5.70 Å². The highest BCUT2D eigenvalue weighted by atomic mass is 16.7. The van der Waals surface area contributed by atoms with Crippen LogP contribution in [0.1, 0.15) is 0 Å². The van der Waals surface area contributed by atoms with Gasteiger partial charge in [0, 0.05) is 20.3 Å². The van der Waals surface area contributed by atoms with Crippen molar-refractivity contribution in [3.63, 3.8) is 0 Å². The van der Waals surface area contributed by atoms with Gasteiger partial charge in [-0.1, -0.05) is 12.7 Å². The minimum atomic E-state index is -1.29. The number of methoxy groups -OCH3 is 2. The predicted octanol–water partition coefficient (Wildman–Crippen LogP) is 0.911. The fourth-order valence-electron chi connectivity index (χ4n) is 1.42. The molecule has 0 aliphatic heterocycles. The summed E-state index contributed by atoms with van der Waals surface area (Å²) >= 11 is 0. The summed E-state index contributed by atoms with van der Waals surface area (Å²) in [5.41, 5.74) is 0.161. The van der Waals surface area contributed by atoms with Crippen LogP contribution in [0.25, 0.3) is 0 Å². The molecular formula is C12H15NO5. The number of alkyl carbamates (subject to hydrolysis) is 1. The molecule has 0 spiro atoms. The second kappa shape index (κ2) is 6.13. The Balaban J connectivity index is 2.85. The number of carbonyl (C=O) groups is 2. The van der Waals surface area contributed by atoms with E-state index in [1.54, 1.807) is 0 Å². The first-order chi connectivity index (χ1) is 8.57. The van der Waals surface area contributed by atoms with E-state index in [1.807, 2.05) is 0 Å². The number of carbonyl (C=O) groups excluding carboxylic acids is 2. The Hall–Kier alpha value is -1.92. The normalized spacial score (nSPS) is 17.0. The first kappa shape index (κ1) is 14.1. The van der Waals surface area contributed by atoms with Crippen LogP contribution < -0.4 is 5.32 Å². The van der Waals surface area contributed by atoms with Crippen LogP contribution in [0.4, 0.5) is 4.79 Å². The van der Waals surface area contributed by atoms with Gasteiger partial charge in [0.2, 0.25) is 5.79 Å². The average Bonchev–Trinajstić information content (AvgIpc) is 2.37. The highest BCUT2D eigenvalue weighted by Crippen LogP contribution is 2.25. The van der Waals surface area contributed by atoms with Crippen molar-refractivity contribution in [2.24, 2.45) is 0 Å². The van der Waals surface area contributed by atoms with Gasteiger partial charge >= 0.3 is 6.09 Å². The zero-order chi connectivity index (χ0) is 13.6. The molecule has 0 saturated carbocycles. The number of amides is 1. The highest BCUT2D eigenvalue weighted by molar-refractivity contribution is 6.01. The van der Waals surface area contributed by atoms with Crippen LogP contribution in [0.5, 0.6) is 0 Å². The Kier molecular flexibility index (Phi) is 4.82. The molecule has 0 bridgehead atoms. The fourth-order valence-corrected chi connectivity index (χ4v) is 1.42. The van der Waals surface area contributed by atoms with Crippen LogP contribution in [0, 0.1) is 0 Å². The van der Waals surface area contributed by atoms with Crippen molar-refractivity contribution in [1.29, 1.82) is 0 Å². The predicted molar refractivity (Wildman–Crippen MR) is 63.7 cm³/mol. The van der Waals surface area contributed by atoms with Crippen LogP contribution >= 0.6 is 0 Å². The zero-order valence-electron chi connectivity index (χ0n) is 10.3. The first-order valence-electron chi connectivity index (χ1n) is 5.18. The van der Waals surface area contributed by atoms with Crippen molar-refractivity contribution in [3.8, 4) is 0 Å². The standard InChI is InChI=1S/C12H15NO5/c1-4-7-18-11(15)13-10-8-9(14)5-6-12(10,16-2)17-3/h4-6,8H,1,7H2,2-3H3,(H,13,15). The minimum absolute atomic E-state index is 0.0653. The number of hydrogen-bond donors (Lipinski definition) is 1. The lowest BCUT2D eigenvalue weighted by molar-refractivity contribution is -0.147. The Morgan fingerprint density at radius 1 is 1.50 bits per heavy atom. The maximum Gasteiger partial charge on any atom is 0.411 e. The summed E-state index contributed by atoms with van der Waals surface area (Å²) in [4.78, 5) is 22.7. The smallest absolute Gasteiger partial charge is 0.411 e. The Bertz CT molecular complexity index is 407. The zero-order valence-corrected chi connectivity index (χ0v) is 10.3. The topological polar surface area (TPSA) is 73.9 Å². The average molecular weight is 253 g/mol. The number of nitrogens with one attached hydrogen (secondary N) is 1. The van der Waals surface area contributed by atoms with Gasteiger partial charge in [-0.3, -0.25) is 10.1 Å². The number of rotatable bonds is 5. The lowest BCUT2D eigenvalue weighted by atomic mass is 10.0. The van der Waals surface area contributed by atoms with Crippen molar-refractivity contribution >= 4 is 11.9 Å². The molecule has 0 unspecified atom stereocenters. The maximum atomic E-state index is 11.4. The molecule has 0 atom stereocenters. The second-order valence-electron chi connectivity index (χ2n) is 3.38. The molecule has 0 fully saturated rings. The van der Waals surface area contributed by atoms with Crippen molar-refractivity contribution < 1.29 is 23.8 Å². The van der Waals surface area contributed by atoms with Crippen LogP contribution in [-0.2, 0) is 19.0 Å². The van der Waals surface area contributed by atoms with Gasteiger partial charge in [0.15, 0.2) is 5.78 Å². The minimum Gasteiger partial charge on any atom is -0.445 e. The maximum absolute atomic E-state index is 11.4. The number of allylic oxidation sites excluding steroid dienone is 2. The summed E-state index contributed by atoms with van der Waals surface area (Å²) in [5.74, 6) is -1.57. The first-order valence-corrected chi connectivity index (χ1v) is 5.18. The molecule has 0 heterocycles. The quantitative estimate of drug-likeness (QED) is 0.582. The van der Waals surface area contributed by atoms with Crippen LogP contribution in [0.3, 0.4) is 0 Å². The summed E-state index contributed by atoms with van der Waals surface area (Å²) in [5, 5.41) is 2.41. The van der Waals surface area contributed by atoms with E-state index in [9.17, 15) is 9.59 Å². The van der Waals surface area contributed by atoms with Crippen LogP contribution in [0.15, 0.2) is 36.6 Å². The van der Waals surface area contributed by atoms with Crippen LogP contribution in [0.2, 0.25) is 0 Å². The monoisotopic (exact) mass is 253 g/mol. The molecule has 1 aliphatic rings. The van der Waals surface area contributed by atoms with Crippen LogP contribution in [-0.4, -0.2) is 38.5 Å². The lowest BCUT2D eigenvalue weighted by Crippen LogP contribution is -2.44. The molecule has 0 saturated heterocycles. The molecule has 0 radical (unpaired) electrons. The molecule has 1 rings (SSSR count). The molecule has 98 valence electrons. The molecule has 1 N–H and O–H groups in total. The highest BCUT2D eigenvalue weighted by Gasteiger charge is 2.36. The summed E-state index contributed by atoms with van der Waals surface area (Å²) in [7, 11) is 2.79. The van der Waals surface area contributed by atoms with Gasteiger partial charge in [0.1, 0.15) is 6.61 Å². The van der Waals surface area contributed by atoms with E-state index in [0.717, 1.165) is 0 Å². The molecule has 6 nitrogen and oxygen atoms in total. The Morgan fingerprint density at radius 3 is 2.72 bits per heavy atom. The fraction of sp³-hybridized carbons (Fsp3) is 0.333. The number of ketones is 1. The summed E-state index contributed by atoms with van der Waals surface area (Å²) < 4.78 is 15.1. The summed E-state index contributed by atoms with van der Waals surface area (Å²) in [6.45, 7) is 3.48. The molecule has 1 amide bonds. The Labute approximate surface area is 105 Å².